The third-order valence-electron chi connectivity index (χ3n) is 5.43. The molecule has 3 aliphatic heterocycles. The lowest BCUT2D eigenvalue weighted by atomic mass is 9.73. The summed E-state index contributed by atoms with van der Waals surface area (Å²) in [6.07, 6.45) is 3.95. The van der Waals surface area contributed by atoms with Crippen LogP contribution in [0.4, 0.5) is 0 Å². The van der Waals surface area contributed by atoms with E-state index in [1.807, 2.05) is 0 Å². The molecule has 0 aliphatic carbocycles. The molecule has 0 radical (unpaired) electrons. The van der Waals surface area contributed by atoms with Crippen molar-refractivity contribution in [2.45, 2.75) is 38.9 Å². The number of hydrogen-bond acceptors (Lipinski definition) is 6. The largest absolute Gasteiger partial charge is 0.479 e. The Morgan fingerprint density at radius 1 is 1.46 bits per heavy atom. The zero-order chi connectivity index (χ0) is 19.2. The maximum absolute atomic E-state index is 13.0. The normalized spacial score (nSPS) is 36.1. The van der Waals surface area contributed by atoms with E-state index in [-0.39, 0.29) is 35.9 Å². The summed E-state index contributed by atoms with van der Waals surface area (Å²) in [5.74, 6) is -2.07. The number of rotatable bonds is 3. The van der Waals surface area contributed by atoms with Crippen molar-refractivity contribution < 1.29 is 29.0 Å². The van der Waals surface area contributed by atoms with Crippen LogP contribution in [0.2, 0.25) is 0 Å². The minimum Gasteiger partial charge on any atom is -0.479 e. The molecule has 2 bridgehead atoms. The van der Waals surface area contributed by atoms with Gasteiger partial charge in [0.15, 0.2) is 11.4 Å². The third kappa shape index (κ3) is 2.74. The first-order valence-corrected chi connectivity index (χ1v) is 8.55. The van der Waals surface area contributed by atoms with E-state index < -0.39 is 29.5 Å². The number of Topliss-reactive ketones (excluding diaryl/α,β-unsaturated/α-hetero) is 1. The monoisotopic (exact) mass is 358 g/mol. The summed E-state index contributed by atoms with van der Waals surface area (Å²) in [4.78, 5) is 37.7. The Kier molecular flexibility index (Phi) is 4.48. The number of ether oxygens (including phenoxy) is 2. The smallest absolute Gasteiger partial charge is 0.334 e. The molecule has 0 spiro atoms. The average molecular weight is 358 g/mol. The predicted octanol–water partition coefficient (Wildman–Crippen LogP) is 1.80. The van der Waals surface area contributed by atoms with Crippen LogP contribution in [0.15, 0.2) is 47.3 Å². The van der Waals surface area contributed by atoms with Gasteiger partial charge in [-0.15, -0.1) is 0 Å². The van der Waals surface area contributed by atoms with E-state index in [4.69, 9.17) is 9.47 Å². The maximum atomic E-state index is 13.0. The first kappa shape index (κ1) is 18.3. The Morgan fingerprint density at radius 3 is 2.77 bits per heavy atom. The molecule has 6 nitrogen and oxygen atoms in total. The molecule has 0 aromatic carbocycles. The van der Waals surface area contributed by atoms with Crippen LogP contribution in [-0.4, -0.2) is 41.0 Å². The fourth-order valence-corrected chi connectivity index (χ4v) is 3.76. The van der Waals surface area contributed by atoms with Gasteiger partial charge in [-0.1, -0.05) is 12.7 Å². The molecule has 3 heterocycles. The molecule has 0 aromatic heterocycles. The van der Waals surface area contributed by atoms with Crippen LogP contribution in [-0.2, 0) is 23.9 Å². The summed E-state index contributed by atoms with van der Waals surface area (Å²) >= 11 is 0. The van der Waals surface area contributed by atoms with E-state index in [1.165, 1.54) is 6.08 Å². The highest BCUT2D eigenvalue weighted by Crippen LogP contribution is 2.44. The molecule has 4 atom stereocenters. The van der Waals surface area contributed by atoms with E-state index >= 15 is 0 Å². The maximum Gasteiger partial charge on any atom is 0.334 e. The second kappa shape index (κ2) is 6.36. The number of aliphatic hydroxyl groups excluding tert-OH is 1. The minimum absolute atomic E-state index is 0.0965. The van der Waals surface area contributed by atoms with Gasteiger partial charge in [0, 0.05) is 35.5 Å². The molecule has 0 aromatic rings. The van der Waals surface area contributed by atoms with Crippen molar-refractivity contribution in [3.63, 3.8) is 0 Å². The van der Waals surface area contributed by atoms with Gasteiger partial charge in [0.2, 0.25) is 5.78 Å². The number of carbonyl (C=O) groups excluding carboxylic acids is 3. The number of allylic oxidation sites excluding steroid dienone is 2. The van der Waals surface area contributed by atoms with Gasteiger partial charge >= 0.3 is 5.97 Å². The highest BCUT2D eigenvalue weighted by molar-refractivity contribution is 6.03. The Morgan fingerprint density at radius 2 is 2.15 bits per heavy atom. The van der Waals surface area contributed by atoms with Crippen LogP contribution < -0.4 is 0 Å². The first-order valence-electron chi connectivity index (χ1n) is 8.55. The molecule has 3 aliphatic rings. The summed E-state index contributed by atoms with van der Waals surface area (Å²) in [5.41, 5.74) is -0.142. The fraction of sp³-hybridized carbons (Fsp3) is 0.450. The third-order valence-corrected chi connectivity index (χ3v) is 5.43. The highest BCUT2D eigenvalue weighted by Gasteiger charge is 2.52. The Labute approximate surface area is 151 Å². The van der Waals surface area contributed by atoms with Crippen molar-refractivity contribution >= 4 is 17.5 Å². The molecule has 0 saturated carbocycles. The van der Waals surface area contributed by atoms with Crippen LogP contribution in [0.1, 0.15) is 27.2 Å². The number of hydrogen-bond donors (Lipinski definition) is 1. The molecule has 0 amide bonds. The minimum atomic E-state index is -1.24. The summed E-state index contributed by atoms with van der Waals surface area (Å²) in [6.45, 7) is 8.52. The van der Waals surface area contributed by atoms with Crippen LogP contribution in [0.5, 0.6) is 0 Å². The summed E-state index contributed by atoms with van der Waals surface area (Å²) in [7, 11) is 0. The molecule has 0 unspecified atom stereocenters. The summed E-state index contributed by atoms with van der Waals surface area (Å²) in [6, 6.07) is 0. The van der Waals surface area contributed by atoms with Gasteiger partial charge in [0.05, 0.1) is 6.61 Å². The number of fused-ring (bicyclic) bond motifs is 3. The van der Waals surface area contributed by atoms with E-state index in [0.717, 1.165) is 0 Å². The van der Waals surface area contributed by atoms with Gasteiger partial charge in [-0.25, -0.2) is 4.79 Å². The van der Waals surface area contributed by atoms with Crippen LogP contribution in [0.3, 0.4) is 0 Å². The van der Waals surface area contributed by atoms with E-state index in [1.54, 1.807) is 32.9 Å². The fourth-order valence-electron chi connectivity index (χ4n) is 3.76. The van der Waals surface area contributed by atoms with E-state index in [0.29, 0.717) is 11.1 Å². The molecule has 1 fully saturated rings. The second-order valence-electron chi connectivity index (χ2n) is 7.12. The van der Waals surface area contributed by atoms with Gasteiger partial charge in [-0.2, -0.15) is 0 Å². The summed E-state index contributed by atoms with van der Waals surface area (Å²) < 4.78 is 11.2. The topological polar surface area (TPSA) is 89.9 Å². The lowest BCUT2D eigenvalue weighted by molar-refractivity contribution is -0.138. The molecular weight excluding hydrogens is 336 g/mol. The van der Waals surface area contributed by atoms with Gasteiger partial charge in [-0.3, -0.25) is 9.59 Å². The molecule has 1 N–H and O–H groups in total. The number of aliphatic hydroxyl groups is 1. The van der Waals surface area contributed by atoms with E-state index in [2.05, 4.69) is 6.58 Å². The SMILES string of the molecule is C=C1C(=O)O[C@H]2/C=C(/CO)C3=CC(=O)[C@@](C)(C[C@H](C(=O)/C(C)=C\C)[C@@H]12)O3. The average Bonchev–Trinajstić information content (AvgIpc) is 3.06. The van der Waals surface area contributed by atoms with Crippen molar-refractivity contribution in [2.75, 3.05) is 6.61 Å². The zero-order valence-corrected chi connectivity index (χ0v) is 15.1. The predicted molar refractivity (Wildman–Crippen MR) is 92.8 cm³/mol. The van der Waals surface area contributed by atoms with Gasteiger partial charge in [0.25, 0.3) is 0 Å². The van der Waals surface area contributed by atoms with Crippen LogP contribution in [0.25, 0.3) is 0 Å². The molecule has 26 heavy (non-hydrogen) atoms. The quantitative estimate of drug-likeness (QED) is 0.611. The lowest BCUT2D eigenvalue weighted by Crippen LogP contribution is -2.41. The second-order valence-corrected chi connectivity index (χ2v) is 7.12. The Hall–Kier alpha value is -2.47. The first-order chi connectivity index (χ1) is 12.2. The van der Waals surface area contributed by atoms with Crippen molar-refractivity contribution in [1.82, 2.24) is 0 Å². The number of ketones is 2. The van der Waals surface area contributed by atoms with Crippen molar-refractivity contribution in [1.29, 1.82) is 0 Å². The Balaban J connectivity index is 2.17. The zero-order valence-electron chi connectivity index (χ0n) is 15.1. The van der Waals surface area contributed by atoms with Crippen molar-refractivity contribution in [3.8, 4) is 0 Å². The standard InChI is InChI=1S/C20H22O6/c1-5-10(2)18(23)13-8-20(4)16(22)7-14(26-20)12(9-21)6-15-17(13)11(3)19(24)25-15/h5-7,13,15,17,21H,3,8-9H2,1-2,4H3/b10-5-,12-6-/t13-,15-,17+,20+/m0/s1. The van der Waals surface area contributed by atoms with Gasteiger partial charge in [-0.05, 0) is 32.4 Å². The van der Waals surface area contributed by atoms with Crippen LogP contribution >= 0.6 is 0 Å². The molecule has 138 valence electrons. The van der Waals surface area contributed by atoms with Gasteiger partial charge in [0.1, 0.15) is 11.9 Å². The van der Waals surface area contributed by atoms with Gasteiger partial charge < -0.3 is 14.6 Å². The summed E-state index contributed by atoms with van der Waals surface area (Å²) in [5, 5.41) is 9.70. The number of carbonyl (C=O) groups is 3. The molecule has 1 saturated heterocycles. The molecular formula is C20H22O6. The Bertz CT molecular complexity index is 799. The highest BCUT2D eigenvalue weighted by atomic mass is 16.6. The van der Waals surface area contributed by atoms with Crippen LogP contribution in [0, 0.1) is 11.8 Å². The van der Waals surface area contributed by atoms with Crippen molar-refractivity contribution in [2.24, 2.45) is 11.8 Å². The van der Waals surface area contributed by atoms with E-state index in [9.17, 15) is 19.5 Å². The molecule has 3 rings (SSSR count). The molecule has 6 heteroatoms. The number of esters is 1. The lowest BCUT2D eigenvalue weighted by Gasteiger charge is -2.31. The van der Waals surface area contributed by atoms with Crippen molar-refractivity contribution in [3.05, 3.63) is 47.3 Å².